The van der Waals surface area contributed by atoms with Crippen molar-refractivity contribution in [2.45, 2.75) is 19.8 Å². The fourth-order valence-electron chi connectivity index (χ4n) is 3.27. The summed E-state index contributed by atoms with van der Waals surface area (Å²) in [5.74, 6) is 2.09. The number of methoxy groups -OCH3 is 1. The number of benzene rings is 2. The third kappa shape index (κ3) is 2.79. The molecule has 2 aromatic carbocycles. The molecule has 3 aromatic rings. The predicted molar refractivity (Wildman–Crippen MR) is 99.5 cm³/mol. The molecule has 0 amide bonds. The van der Waals surface area contributed by atoms with E-state index in [0.29, 0.717) is 41.2 Å². The molecule has 1 aliphatic heterocycles. The molecule has 26 heavy (non-hydrogen) atoms. The first-order valence-corrected chi connectivity index (χ1v) is 8.73. The lowest BCUT2D eigenvalue weighted by molar-refractivity contribution is 0.171. The lowest BCUT2D eigenvalue weighted by Gasteiger charge is -2.18. The van der Waals surface area contributed by atoms with Gasteiger partial charge in [-0.25, -0.2) is 0 Å². The second-order valence-corrected chi connectivity index (χ2v) is 6.25. The standard InChI is InChI=1S/C21H20O5/c1-3-4-14-9-15-19(11-18(14)23-2)26-12-16(21(15)22)13-5-6-17-20(10-13)25-8-7-24-17/h5-6,9-12H,3-4,7-8H2,1-2H3. The van der Waals surface area contributed by atoms with Crippen molar-refractivity contribution < 1.29 is 18.6 Å². The number of hydrogen-bond acceptors (Lipinski definition) is 5. The molecule has 0 unspecified atom stereocenters. The SMILES string of the molecule is CCCc1cc2c(=O)c(-c3ccc4c(c3)OCCO4)coc2cc1OC. The van der Waals surface area contributed by atoms with Crippen LogP contribution in [0.25, 0.3) is 22.1 Å². The zero-order valence-electron chi connectivity index (χ0n) is 14.8. The summed E-state index contributed by atoms with van der Waals surface area (Å²) < 4.78 is 22.3. The van der Waals surface area contributed by atoms with Gasteiger partial charge in [-0.2, -0.15) is 0 Å². The van der Waals surface area contributed by atoms with Gasteiger partial charge in [0, 0.05) is 6.07 Å². The van der Waals surface area contributed by atoms with Crippen molar-refractivity contribution in [1.29, 1.82) is 0 Å². The summed E-state index contributed by atoms with van der Waals surface area (Å²) in [5, 5.41) is 0.557. The zero-order chi connectivity index (χ0) is 18.1. The summed E-state index contributed by atoms with van der Waals surface area (Å²) in [6, 6.07) is 9.16. The minimum Gasteiger partial charge on any atom is -0.496 e. The van der Waals surface area contributed by atoms with Gasteiger partial charge in [-0.05, 0) is 35.7 Å². The quantitative estimate of drug-likeness (QED) is 0.704. The van der Waals surface area contributed by atoms with Crippen LogP contribution in [-0.2, 0) is 6.42 Å². The normalized spacial score (nSPS) is 13.0. The molecule has 0 bridgehead atoms. The molecule has 0 spiro atoms. The van der Waals surface area contributed by atoms with Gasteiger partial charge in [-0.15, -0.1) is 0 Å². The van der Waals surface area contributed by atoms with E-state index in [-0.39, 0.29) is 5.43 Å². The van der Waals surface area contributed by atoms with Crippen LogP contribution in [0.15, 0.2) is 45.8 Å². The van der Waals surface area contributed by atoms with Crippen LogP contribution >= 0.6 is 0 Å². The maximum Gasteiger partial charge on any atom is 0.200 e. The molecule has 134 valence electrons. The van der Waals surface area contributed by atoms with E-state index >= 15 is 0 Å². The van der Waals surface area contributed by atoms with Crippen LogP contribution in [0.4, 0.5) is 0 Å². The van der Waals surface area contributed by atoms with Crippen molar-refractivity contribution >= 4 is 11.0 Å². The van der Waals surface area contributed by atoms with E-state index in [9.17, 15) is 4.79 Å². The Morgan fingerprint density at radius 2 is 1.88 bits per heavy atom. The van der Waals surface area contributed by atoms with Crippen molar-refractivity contribution in [3.63, 3.8) is 0 Å². The molecule has 4 rings (SSSR count). The third-order valence-corrected chi connectivity index (χ3v) is 4.55. The molecule has 0 atom stereocenters. The minimum atomic E-state index is -0.0667. The summed E-state index contributed by atoms with van der Waals surface area (Å²) in [6.07, 6.45) is 3.30. The highest BCUT2D eigenvalue weighted by Crippen LogP contribution is 2.34. The Morgan fingerprint density at radius 3 is 2.65 bits per heavy atom. The first kappa shape index (κ1) is 16.5. The molecule has 0 saturated heterocycles. The largest absolute Gasteiger partial charge is 0.496 e. The van der Waals surface area contributed by atoms with Gasteiger partial charge in [0.1, 0.15) is 30.8 Å². The highest BCUT2D eigenvalue weighted by Gasteiger charge is 2.16. The maximum absolute atomic E-state index is 13.1. The van der Waals surface area contributed by atoms with E-state index in [1.807, 2.05) is 24.3 Å². The average Bonchev–Trinajstić information content (AvgIpc) is 2.68. The Balaban J connectivity index is 1.86. The van der Waals surface area contributed by atoms with Crippen molar-refractivity contribution in [2.24, 2.45) is 0 Å². The van der Waals surface area contributed by atoms with Gasteiger partial charge in [0.15, 0.2) is 11.5 Å². The summed E-state index contributed by atoms with van der Waals surface area (Å²) in [6.45, 7) is 3.13. The van der Waals surface area contributed by atoms with Crippen LogP contribution in [0.2, 0.25) is 0 Å². The first-order valence-electron chi connectivity index (χ1n) is 8.73. The van der Waals surface area contributed by atoms with E-state index in [0.717, 1.165) is 29.7 Å². The predicted octanol–water partition coefficient (Wildman–Crippen LogP) is 4.19. The molecule has 5 heteroatoms. The molecule has 0 saturated carbocycles. The fraction of sp³-hybridized carbons (Fsp3) is 0.286. The molecule has 1 aromatic heterocycles. The van der Waals surface area contributed by atoms with Gasteiger partial charge < -0.3 is 18.6 Å². The van der Waals surface area contributed by atoms with E-state index in [4.69, 9.17) is 18.6 Å². The van der Waals surface area contributed by atoms with Gasteiger partial charge in [-0.1, -0.05) is 19.4 Å². The Hall–Kier alpha value is -2.95. The molecule has 1 aliphatic rings. The van der Waals surface area contributed by atoms with Crippen LogP contribution in [0.3, 0.4) is 0 Å². The number of ether oxygens (including phenoxy) is 3. The van der Waals surface area contributed by atoms with Crippen LogP contribution < -0.4 is 19.6 Å². The number of aryl methyl sites for hydroxylation is 1. The van der Waals surface area contributed by atoms with Gasteiger partial charge in [-0.3, -0.25) is 4.79 Å². The van der Waals surface area contributed by atoms with Crippen LogP contribution in [0, 0.1) is 0 Å². The van der Waals surface area contributed by atoms with Crippen molar-refractivity contribution in [3.8, 4) is 28.4 Å². The Labute approximate surface area is 151 Å². The van der Waals surface area contributed by atoms with E-state index in [2.05, 4.69) is 6.92 Å². The number of hydrogen-bond donors (Lipinski definition) is 0. The Morgan fingerprint density at radius 1 is 1.08 bits per heavy atom. The second-order valence-electron chi connectivity index (χ2n) is 6.25. The topological polar surface area (TPSA) is 57.9 Å². The number of rotatable bonds is 4. The van der Waals surface area contributed by atoms with Crippen LogP contribution in [0.5, 0.6) is 17.2 Å². The maximum atomic E-state index is 13.1. The highest BCUT2D eigenvalue weighted by atomic mass is 16.6. The van der Waals surface area contributed by atoms with E-state index in [1.54, 1.807) is 13.2 Å². The van der Waals surface area contributed by atoms with Crippen LogP contribution in [0.1, 0.15) is 18.9 Å². The van der Waals surface area contributed by atoms with Crippen molar-refractivity contribution in [1.82, 2.24) is 0 Å². The van der Waals surface area contributed by atoms with Gasteiger partial charge in [0.25, 0.3) is 0 Å². The summed E-state index contributed by atoms with van der Waals surface area (Å²) in [4.78, 5) is 13.1. The van der Waals surface area contributed by atoms with E-state index in [1.165, 1.54) is 6.26 Å². The van der Waals surface area contributed by atoms with Crippen LogP contribution in [-0.4, -0.2) is 20.3 Å². The molecule has 5 nitrogen and oxygen atoms in total. The third-order valence-electron chi connectivity index (χ3n) is 4.55. The lowest BCUT2D eigenvalue weighted by atomic mass is 10.0. The molecular formula is C21H20O5. The van der Waals surface area contributed by atoms with Crippen molar-refractivity contribution in [2.75, 3.05) is 20.3 Å². The summed E-state index contributed by atoms with van der Waals surface area (Å²) in [5.41, 5.74) is 2.71. The fourth-order valence-corrected chi connectivity index (χ4v) is 3.27. The second kappa shape index (κ2) is 6.75. The van der Waals surface area contributed by atoms with E-state index < -0.39 is 0 Å². The van der Waals surface area contributed by atoms with Crippen molar-refractivity contribution in [3.05, 3.63) is 52.4 Å². The molecule has 0 aliphatic carbocycles. The minimum absolute atomic E-state index is 0.0667. The molecule has 0 fully saturated rings. The van der Waals surface area contributed by atoms with Gasteiger partial charge in [0.05, 0.1) is 18.1 Å². The van der Waals surface area contributed by atoms with Gasteiger partial charge >= 0.3 is 0 Å². The summed E-state index contributed by atoms with van der Waals surface area (Å²) >= 11 is 0. The highest BCUT2D eigenvalue weighted by molar-refractivity contribution is 5.84. The molecule has 2 heterocycles. The monoisotopic (exact) mass is 352 g/mol. The first-order chi connectivity index (χ1) is 12.7. The lowest BCUT2D eigenvalue weighted by Crippen LogP contribution is -2.15. The Bertz CT molecular complexity index is 1020. The smallest absolute Gasteiger partial charge is 0.200 e. The average molecular weight is 352 g/mol. The molecular weight excluding hydrogens is 332 g/mol. The molecule has 0 N–H and O–H groups in total. The summed E-state index contributed by atoms with van der Waals surface area (Å²) in [7, 11) is 1.63. The van der Waals surface area contributed by atoms with Gasteiger partial charge in [0.2, 0.25) is 5.43 Å². The Kier molecular flexibility index (Phi) is 4.29. The number of fused-ring (bicyclic) bond motifs is 2. The molecule has 0 radical (unpaired) electrons. The zero-order valence-corrected chi connectivity index (χ0v) is 14.8.